The van der Waals surface area contributed by atoms with Gasteiger partial charge < -0.3 is 21.3 Å². The molecule has 1 fully saturated rings. The Kier molecular flexibility index (Phi) is 5.99. The first-order valence-electron chi connectivity index (χ1n) is 6.03. The quantitative estimate of drug-likeness (QED) is 0.563. The molecule has 0 amide bonds. The van der Waals surface area contributed by atoms with Gasteiger partial charge >= 0.3 is 7.60 Å². The van der Waals surface area contributed by atoms with E-state index in [1.165, 1.54) is 25.0 Å². The molecule has 0 heterocycles. The maximum Gasteiger partial charge on any atom is 0.356 e. The van der Waals surface area contributed by atoms with Crippen LogP contribution in [0.25, 0.3) is 0 Å². The lowest BCUT2D eigenvalue weighted by atomic mass is 9.92. The Morgan fingerprint density at radius 2 is 1.44 bits per heavy atom. The van der Waals surface area contributed by atoms with Crippen LogP contribution in [0.2, 0.25) is 0 Å². The van der Waals surface area contributed by atoms with Crippen LogP contribution in [0.3, 0.4) is 0 Å². The van der Waals surface area contributed by atoms with Crippen molar-refractivity contribution in [2.75, 3.05) is 0 Å². The van der Waals surface area contributed by atoms with E-state index in [9.17, 15) is 4.57 Å². The molecule has 102 valence electrons. The zero-order chi connectivity index (χ0) is 13.6. The Morgan fingerprint density at radius 3 is 1.72 bits per heavy atom. The van der Waals surface area contributed by atoms with Crippen LogP contribution in [0.1, 0.15) is 25.7 Å². The zero-order valence-electron chi connectivity index (χ0n) is 10.3. The Morgan fingerprint density at radius 1 is 1.00 bits per heavy atom. The number of nitrogens with two attached hydrogens (primary N) is 2. The highest BCUT2D eigenvalue weighted by Crippen LogP contribution is 2.32. The van der Waals surface area contributed by atoms with Gasteiger partial charge in [0, 0.05) is 12.1 Å². The molecule has 0 saturated heterocycles. The second-order valence-corrected chi connectivity index (χ2v) is 6.10. The molecule has 0 radical (unpaired) electrons. The zero-order valence-corrected chi connectivity index (χ0v) is 11.2. The smallest absolute Gasteiger partial charge is 0.326 e. The van der Waals surface area contributed by atoms with Crippen molar-refractivity contribution in [3.63, 3.8) is 0 Å². The second kappa shape index (κ2) is 7.02. The van der Waals surface area contributed by atoms with E-state index in [-0.39, 0.29) is 17.4 Å². The first kappa shape index (κ1) is 15.3. The molecule has 18 heavy (non-hydrogen) atoms. The van der Waals surface area contributed by atoms with Crippen molar-refractivity contribution in [1.29, 1.82) is 0 Å². The minimum Gasteiger partial charge on any atom is -0.326 e. The molecule has 2 rings (SSSR count). The minimum atomic E-state index is -4.02. The first-order valence-corrected chi connectivity index (χ1v) is 7.65. The van der Waals surface area contributed by atoms with Crippen LogP contribution in [0.5, 0.6) is 0 Å². The van der Waals surface area contributed by atoms with E-state index >= 15 is 0 Å². The second-order valence-electron chi connectivity index (χ2n) is 4.49. The fraction of sp³-hybridized carbons (Fsp3) is 0.500. The van der Waals surface area contributed by atoms with Crippen LogP contribution in [0.4, 0.5) is 0 Å². The molecule has 6 heteroatoms. The Hall–Kier alpha value is -0.710. The summed E-state index contributed by atoms with van der Waals surface area (Å²) in [6.45, 7) is 0. The van der Waals surface area contributed by atoms with Gasteiger partial charge in [-0.25, -0.2) is 0 Å². The third kappa shape index (κ3) is 5.29. The molecular formula is C12H21N2O3P. The molecule has 6 N–H and O–H groups in total. The molecule has 5 nitrogen and oxygen atoms in total. The predicted molar refractivity (Wildman–Crippen MR) is 72.5 cm³/mol. The number of rotatable bonds is 1. The maximum absolute atomic E-state index is 10.5. The minimum absolute atomic E-state index is 0.0648. The van der Waals surface area contributed by atoms with Gasteiger partial charge in [-0.2, -0.15) is 0 Å². The monoisotopic (exact) mass is 272 g/mol. The average Bonchev–Trinajstić information content (AvgIpc) is 2.34. The van der Waals surface area contributed by atoms with Gasteiger partial charge in [-0.1, -0.05) is 31.0 Å². The van der Waals surface area contributed by atoms with E-state index in [0.717, 1.165) is 12.8 Å². The van der Waals surface area contributed by atoms with Crippen molar-refractivity contribution >= 4 is 12.9 Å². The van der Waals surface area contributed by atoms with Crippen molar-refractivity contribution in [2.45, 2.75) is 37.8 Å². The van der Waals surface area contributed by atoms with E-state index in [0.29, 0.717) is 0 Å². The SMILES string of the molecule is NC1CCCCC1N.O=P(O)(O)c1ccccc1. The molecule has 1 aliphatic carbocycles. The van der Waals surface area contributed by atoms with Gasteiger partial charge in [0.1, 0.15) is 0 Å². The fourth-order valence-electron chi connectivity index (χ4n) is 1.81. The lowest BCUT2D eigenvalue weighted by molar-refractivity contribution is 0.385. The summed E-state index contributed by atoms with van der Waals surface area (Å²) in [4.78, 5) is 17.2. The largest absolute Gasteiger partial charge is 0.356 e. The molecule has 0 aliphatic heterocycles. The molecule has 1 aromatic rings. The van der Waals surface area contributed by atoms with Gasteiger partial charge in [-0.15, -0.1) is 0 Å². The summed E-state index contributed by atoms with van der Waals surface area (Å²) in [6, 6.07) is 8.26. The highest BCUT2D eigenvalue weighted by Gasteiger charge is 2.16. The van der Waals surface area contributed by atoms with Crippen LogP contribution in [0, 0.1) is 0 Å². The van der Waals surface area contributed by atoms with Crippen LogP contribution in [-0.4, -0.2) is 21.9 Å². The van der Waals surface area contributed by atoms with Gasteiger partial charge in [-0.3, -0.25) is 4.57 Å². The highest BCUT2D eigenvalue weighted by molar-refractivity contribution is 7.60. The Bertz CT molecular complexity index is 384. The summed E-state index contributed by atoms with van der Waals surface area (Å²) >= 11 is 0. The average molecular weight is 272 g/mol. The number of hydrogen-bond donors (Lipinski definition) is 4. The van der Waals surface area contributed by atoms with E-state index < -0.39 is 7.60 Å². The lowest BCUT2D eigenvalue weighted by Crippen LogP contribution is -2.43. The van der Waals surface area contributed by atoms with Gasteiger partial charge in [0.05, 0.1) is 5.30 Å². The standard InChI is InChI=1S/C6H14N2.C6H7O3P/c7-5-3-1-2-4-6(5)8;7-10(8,9)6-4-2-1-3-5-6/h5-6H,1-4,7-8H2;1-5H,(H2,7,8,9). The number of benzene rings is 1. The van der Waals surface area contributed by atoms with Crippen molar-refractivity contribution in [2.24, 2.45) is 11.5 Å². The van der Waals surface area contributed by atoms with Crippen LogP contribution < -0.4 is 16.8 Å². The number of hydrogen-bond acceptors (Lipinski definition) is 3. The first-order chi connectivity index (χ1) is 8.41. The van der Waals surface area contributed by atoms with Crippen LogP contribution in [-0.2, 0) is 4.57 Å². The fourth-order valence-corrected chi connectivity index (χ4v) is 2.37. The van der Waals surface area contributed by atoms with E-state index in [1.807, 2.05) is 0 Å². The molecule has 0 bridgehead atoms. The summed E-state index contributed by atoms with van der Waals surface area (Å²) in [6.07, 6.45) is 4.80. The topological polar surface area (TPSA) is 110 Å². The summed E-state index contributed by atoms with van der Waals surface area (Å²) in [5.41, 5.74) is 11.3. The lowest BCUT2D eigenvalue weighted by Gasteiger charge is -2.24. The normalized spacial score (nSPS) is 24.0. The maximum atomic E-state index is 10.5. The molecule has 2 unspecified atom stereocenters. The molecule has 1 aliphatic rings. The van der Waals surface area contributed by atoms with Gasteiger partial charge in [0.2, 0.25) is 0 Å². The summed E-state index contributed by atoms with van der Waals surface area (Å²) in [5, 5.41) is 0.0648. The van der Waals surface area contributed by atoms with Crippen LogP contribution in [0.15, 0.2) is 30.3 Å². The third-order valence-corrected chi connectivity index (χ3v) is 3.94. The van der Waals surface area contributed by atoms with Gasteiger partial charge in [0.15, 0.2) is 0 Å². The van der Waals surface area contributed by atoms with Gasteiger partial charge in [-0.05, 0) is 25.0 Å². The molecule has 0 aromatic heterocycles. The predicted octanol–water partition coefficient (Wildman–Crippen LogP) is 0.705. The van der Waals surface area contributed by atoms with Crippen molar-refractivity contribution in [3.8, 4) is 0 Å². The van der Waals surface area contributed by atoms with Crippen molar-refractivity contribution in [1.82, 2.24) is 0 Å². The van der Waals surface area contributed by atoms with E-state index in [1.54, 1.807) is 18.2 Å². The van der Waals surface area contributed by atoms with E-state index in [2.05, 4.69) is 0 Å². The van der Waals surface area contributed by atoms with Crippen LogP contribution >= 0.6 is 7.60 Å². The summed E-state index contributed by atoms with van der Waals surface area (Å²) in [5.74, 6) is 0. The third-order valence-electron chi connectivity index (χ3n) is 2.97. The summed E-state index contributed by atoms with van der Waals surface area (Å²) < 4.78 is 10.5. The highest BCUT2D eigenvalue weighted by atomic mass is 31.2. The van der Waals surface area contributed by atoms with Gasteiger partial charge in [0.25, 0.3) is 0 Å². The molecular weight excluding hydrogens is 251 g/mol. The molecule has 1 aromatic carbocycles. The van der Waals surface area contributed by atoms with E-state index in [4.69, 9.17) is 21.3 Å². The van der Waals surface area contributed by atoms with Crippen molar-refractivity contribution in [3.05, 3.63) is 30.3 Å². The summed E-state index contributed by atoms with van der Waals surface area (Å²) in [7, 11) is -4.02. The van der Waals surface area contributed by atoms with Crippen molar-refractivity contribution < 1.29 is 14.4 Å². The molecule has 0 spiro atoms. The Labute approximate surface area is 107 Å². The molecule has 1 saturated carbocycles. The Balaban J connectivity index is 0.000000184. The molecule has 2 atom stereocenters.